The molecule has 0 spiro atoms. The van der Waals surface area contributed by atoms with Gasteiger partial charge in [0.05, 0.1) is 23.2 Å². The number of aliphatic imine (C=N–C) groups is 1. The zero-order valence-corrected chi connectivity index (χ0v) is 18.6. The molecule has 0 bridgehead atoms. The second kappa shape index (κ2) is 7.32. The van der Waals surface area contributed by atoms with E-state index in [1.165, 1.54) is 11.8 Å². The standard InChI is InChI=1S/C16H18Br2N2O3S2/c1-3-4-14(21)19-16-20(12-7-25(22,23)8-13(12)24-16)15-10(17)5-9(2)6-11(15)18/h5-6,12-13H,3-4,7-8H2,1-2H3/t12-,13-/m1/s1. The minimum atomic E-state index is -3.08. The van der Waals surface area contributed by atoms with Gasteiger partial charge in [-0.15, -0.1) is 0 Å². The molecule has 2 aliphatic heterocycles. The van der Waals surface area contributed by atoms with Gasteiger partial charge in [0.15, 0.2) is 15.0 Å². The number of sulfone groups is 1. The summed E-state index contributed by atoms with van der Waals surface area (Å²) in [6.45, 7) is 3.92. The minimum absolute atomic E-state index is 0.0818. The lowest BCUT2D eigenvalue weighted by Gasteiger charge is -2.27. The molecule has 9 heteroatoms. The molecule has 1 aromatic carbocycles. The first-order valence-electron chi connectivity index (χ1n) is 7.95. The van der Waals surface area contributed by atoms with Gasteiger partial charge in [-0.25, -0.2) is 8.42 Å². The highest BCUT2D eigenvalue weighted by Gasteiger charge is 2.50. The summed E-state index contributed by atoms with van der Waals surface area (Å²) in [5.74, 6) is 0.0384. The van der Waals surface area contributed by atoms with Crippen molar-refractivity contribution in [2.45, 2.75) is 38.0 Å². The highest BCUT2D eigenvalue weighted by atomic mass is 79.9. The number of hydrogen-bond donors (Lipinski definition) is 0. The van der Waals surface area contributed by atoms with Gasteiger partial charge in [-0.2, -0.15) is 4.99 Å². The Hall–Kier alpha value is -0.380. The number of benzene rings is 1. The maximum atomic E-state index is 12.1. The van der Waals surface area contributed by atoms with Gasteiger partial charge < -0.3 is 4.90 Å². The van der Waals surface area contributed by atoms with Gasteiger partial charge in [-0.05, 0) is 62.9 Å². The Balaban J connectivity index is 2.09. The summed E-state index contributed by atoms with van der Waals surface area (Å²) >= 11 is 8.57. The quantitative estimate of drug-likeness (QED) is 0.617. The number of aryl methyl sites for hydroxylation is 1. The topological polar surface area (TPSA) is 66.8 Å². The Bertz CT molecular complexity index is 832. The first kappa shape index (κ1) is 19.4. The lowest BCUT2D eigenvalue weighted by Crippen LogP contribution is -2.38. The number of anilines is 1. The molecule has 0 saturated carbocycles. The SMILES string of the molecule is CCCC(=O)N=C1S[C@@H]2CS(=O)(=O)C[C@H]2N1c1c(Br)cc(C)cc1Br. The predicted molar refractivity (Wildman–Crippen MR) is 110 cm³/mol. The molecule has 25 heavy (non-hydrogen) atoms. The normalized spacial score (nSPS) is 26.2. The van der Waals surface area contributed by atoms with Crippen LogP contribution in [0.2, 0.25) is 0 Å². The van der Waals surface area contributed by atoms with E-state index in [1.54, 1.807) is 0 Å². The van der Waals surface area contributed by atoms with Crippen LogP contribution in [-0.4, -0.2) is 42.3 Å². The lowest BCUT2D eigenvalue weighted by atomic mass is 10.1. The Morgan fingerprint density at radius 2 is 1.96 bits per heavy atom. The predicted octanol–water partition coefficient (Wildman–Crippen LogP) is 3.92. The van der Waals surface area contributed by atoms with E-state index in [2.05, 4.69) is 36.9 Å². The van der Waals surface area contributed by atoms with E-state index >= 15 is 0 Å². The van der Waals surface area contributed by atoms with Crippen LogP contribution in [0.5, 0.6) is 0 Å². The third kappa shape index (κ3) is 3.99. The second-order valence-electron chi connectivity index (χ2n) is 6.29. The van der Waals surface area contributed by atoms with Gasteiger partial charge >= 0.3 is 0 Å². The number of amidine groups is 1. The molecule has 3 rings (SSSR count). The van der Waals surface area contributed by atoms with Crippen LogP contribution < -0.4 is 4.90 Å². The second-order valence-corrected chi connectivity index (χ2v) is 11.4. The van der Waals surface area contributed by atoms with E-state index in [9.17, 15) is 13.2 Å². The smallest absolute Gasteiger partial charge is 0.248 e. The summed E-state index contributed by atoms with van der Waals surface area (Å²) in [5.41, 5.74) is 1.90. The van der Waals surface area contributed by atoms with Crippen LogP contribution in [0.25, 0.3) is 0 Å². The van der Waals surface area contributed by atoms with E-state index < -0.39 is 9.84 Å². The van der Waals surface area contributed by atoms with Crippen LogP contribution in [0.1, 0.15) is 25.3 Å². The van der Waals surface area contributed by atoms with E-state index in [1.807, 2.05) is 30.9 Å². The number of amides is 1. The number of carbonyl (C=O) groups excluding carboxylic acids is 1. The minimum Gasteiger partial charge on any atom is -0.313 e. The Kier molecular flexibility index (Phi) is 5.68. The summed E-state index contributed by atoms with van der Waals surface area (Å²) < 4.78 is 25.9. The van der Waals surface area contributed by atoms with E-state index in [-0.39, 0.29) is 28.7 Å². The van der Waals surface area contributed by atoms with Gasteiger partial charge in [0, 0.05) is 20.6 Å². The Morgan fingerprint density at radius 1 is 1.32 bits per heavy atom. The van der Waals surface area contributed by atoms with Crippen molar-refractivity contribution < 1.29 is 13.2 Å². The number of nitrogens with zero attached hydrogens (tertiary/aromatic N) is 2. The molecular weight excluding hydrogens is 492 g/mol. The fraction of sp³-hybridized carbons (Fsp3) is 0.500. The zero-order chi connectivity index (χ0) is 18.4. The van der Waals surface area contributed by atoms with Crippen molar-refractivity contribution in [1.29, 1.82) is 0 Å². The van der Waals surface area contributed by atoms with E-state index in [4.69, 9.17) is 0 Å². The Morgan fingerprint density at radius 3 is 2.56 bits per heavy atom. The van der Waals surface area contributed by atoms with Crippen molar-refractivity contribution >= 4 is 70.2 Å². The molecule has 0 unspecified atom stereocenters. The summed E-state index contributed by atoms with van der Waals surface area (Å²) in [7, 11) is -3.08. The van der Waals surface area contributed by atoms with Crippen molar-refractivity contribution in [2.75, 3.05) is 16.4 Å². The summed E-state index contributed by atoms with van der Waals surface area (Å²) in [4.78, 5) is 18.3. The first-order valence-corrected chi connectivity index (χ1v) is 12.2. The highest BCUT2D eigenvalue weighted by molar-refractivity contribution is 9.11. The van der Waals surface area contributed by atoms with Gasteiger partial charge in [-0.1, -0.05) is 18.7 Å². The molecule has 0 N–H and O–H groups in total. The van der Waals surface area contributed by atoms with Gasteiger partial charge in [0.1, 0.15) is 0 Å². The fourth-order valence-corrected chi connectivity index (χ4v) is 8.84. The maximum Gasteiger partial charge on any atom is 0.248 e. The van der Waals surface area contributed by atoms with Crippen molar-refractivity contribution in [1.82, 2.24) is 0 Å². The summed E-state index contributed by atoms with van der Waals surface area (Å²) in [5, 5.41) is 0.492. The van der Waals surface area contributed by atoms with Gasteiger partial charge in [0.25, 0.3) is 0 Å². The molecule has 0 aromatic heterocycles. The molecule has 2 atom stereocenters. The fourth-order valence-electron chi connectivity index (χ4n) is 3.12. The molecule has 1 aromatic rings. The van der Waals surface area contributed by atoms with Crippen LogP contribution in [0.3, 0.4) is 0 Å². The summed E-state index contributed by atoms with van der Waals surface area (Å²) in [6.07, 6.45) is 1.13. The molecule has 5 nitrogen and oxygen atoms in total. The lowest BCUT2D eigenvalue weighted by molar-refractivity contribution is -0.117. The van der Waals surface area contributed by atoms with Crippen LogP contribution in [0.4, 0.5) is 5.69 Å². The number of hydrogen-bond acceptors (Lipinski definition) is 4. The van der Waals surface area contributed by atoms with Gasteiger partial charge in [-0.3, -0.25) is 4.79 Å². The van der Waals surface area contributed by atoms with Crippen LogP contribution >= 0.6 is 43.6 Å². The highest BCUT2D eigenvalue weighted by Crippen LogP contribution is 2.46. The maximum absolute atomic E-state index is 12.1. The van der Waals surface area contributed by atoms with Crippen molar-refractivity contribution in [3.63, 3.8) is 0 Å². The number of fused-ring (bicyclic) bond motifs is 1. The molecule has 2 aliphatic rings. The molecule has 0 aliphatic carbocycles. The molecule has 2 heterocycles. The number of thioether (sulfide) groups is 1. The van der Waals surface area contributed by atoms with Crippen molar-refractivity contribution in [3.05, 3.63) is 26.6 Å². The van der Waals surface area contributed by atoms with Crippen LogP contribution in [-0.2, 0) is 14.6 Å². The summed E-state index contributed by atoms with van der Waals surface area (Å²) in [6, 6.07) is 3.75. The van der Waals surface area contributed by atoms with Crippen LogP contribution in [0.15, 0.2) is 26.1 Å². The first-order chi connectivity index (χ1) is 11.7. The van der Waals surface area contributed by atoms with E-state index in [0.29, 0.717) is 11.6 Å². The van der Waals surface area contributed by atoms with Crippen molar-refractivity contribution in [2.24, 2.45) is 4.99 Å². The van der Waals surface area contributed by atoms with E-state index in [0.717, 1.165) is 26.6 Å². The third-order valence-electron chi connectivity index (χ3n) is 4.15. The molecular formula is C16H18Br2N2O3S2. The largest absolute Gasteiger partial charge is 0.313 e. The average Bonchev–Trinajstić information content (AvgIpc) is 2.91. The van der Waals surface area contributed by atoms with Crippen LogP contribution in [0, 0.1) is 6.92 Å². The molecule has 2 saturated heterocycles. The molecule has 1 amide bonds. The van der Waals surface area contributed by atoms with Crippen molar-refractivity contribution in [3.8, 4) is 0 Å². The Labute approximate surface area is 168 Å². The van der Waals surface area contributed by atoms with Gasteiger partial charge in [0.2, 0.25) is 5.91 Å². The third-order valence-corrected chi connectivity index (χ3v) is 8.57. The number of rotatable bonds is 3. The molecule has 136 valence electrons. The molecule has 2 fully saturated rings. The average molecular weight is 510 g/mol. The zero-order valence-electron chi connectivity index (χ0n) is 13.8. The number of halogens is 2. The number of carbonyl (C=O) groups is 1. The monoisotopic (exact) mass is 508 g/mol. The molecule has 0 radical (unpaired) electrons.